The lowest BCUT2D eigenvalue weighted by molar-refractivity contribution is -0.870. The lowest BCUT2D eigenvalue weighted by atomic mass is 10.0. The average Bonchev–Trinajstić information content (AvgIpc) is 3.37. The first-order chi connectivity index (χ1) is 24.7. The number of unbranched alkanes of at least 4 members (excludes halogenated alkanes) is 15. The van der Waals surface area contributed by atoms with Gasteiger partial charge in [0, 0.05) is 19.9 Å². The van der Waals surface area contributed by atoms with E-state index < -0.39 is 50.8 Å². The van der Waals surface area contributed by atoms with Gasteiger partial charge in [0.25, 0.3) is 7.82 Å². The summed E-state index contributed by atoms with van der Waals surface area (Å²) in [5.74, 6) is 0.0537. The molecule has 6 atom stereocenters. The lowest BCUT2D eigenvalue weighted by Crippen LogP contribution is -2.37. The number of nitrogens with two attached hydrogens (primary N) is 1. The van der Waals surface area contributed by atoms with Gasteiger partial charge in [0.2, 0.25) is 0 Å². The van der Waals surface area contributed by atoms with Gasteiger partial charge in [-0.15, -0.1) is 0 Å². The number of hydrogen-bond acceptors (Lipinski definition) is 13. The number of likely N-dealkylation sites (N-methyl/N-ethyl adjacent to an activating group) is 1. The van der Waals surface area contributed by atoms with Crippen LogP contribution in [0.25, 0.3) is 0 Å². The van der Waals surface area contributed by atoms with Gasteiger partial charge < -0.3 is 53.7 Å². The minimum atomic E-state index is -4.32. The van der Waals surface area contributed by atoms with Crippen LogP contribution in [-0.4, -0.2) is 122 Å². The molecular weight excluding hydrogens is 695 g/mol. The number of nitrogens with zero attached hydrogens (tertiary/aromatic N) is 3. The maximum absolute atomic E-state index is 11.9. The van der Waals surface area contributed by atoms with Gasteiger partial charge in [0.15, 0.2) is 6.23 Å². The SMILES string of the molecule is CCCCCCCCCCCCCCCCCCOCC(COP(=O)([O-])OCC[N+](C)(C)C)OC.Nc1ccn(C2OC(CO)C(O)C2O)c(=O)n1. The number of hydrogen-bond donors (Lipinski definition) is 4. The van der Waals surface area contributed by atoms with E-state index in [1.54, 1.807) is 0 Å². The van der Waals surface area contributed by atoms with Crippen LogP contribution in [0.1, 0.15) is 116 Å². The van der Waals surface area contributed by atoms with Gasteiger partial charge in [-0.05, 0) is 12.5 Å². The Kier molecular flexibility index (Phi) is 26.1. The van der Waals surface area contributed by atoms with Crippen molar-refractivity contribution in [2.75, 3.05) is 73.6 Å². The van der Waals surface area contributed by atoms with Crippen LogP contribution in [0, 0.1) is 0 Å². The molecule has 1 aromatic rings. The molecule has 2 rings (SSSR count). The predicted molar refractivity (Wildman–Crippen MR) is 199 cm³/mol. The number of quaternary nitrogens is 1. The highest BCUT2D eigenvalue weighted by Gasteiger charge is 2.43. The van der Waals surface area contributed by atoms with Crippen molar-refractivity contribution in [2.24, 2.45) is 0 Å². The normalized spacial score (nSPS) is 20.7. The molecule has 1 saturated heterocycles. The molecule has 6 unspecified atom stereocenters. The summed E-state index contributed by atoms with van der Waals surface area (Å²) in [5.41, 5.74) is 4.63. The van der Waals surface area contributed by atoms with Crippen molar-refractivity contribution in [1.29, 1.82) is 0 Å². The van der Waals surface area contributed by atoms with Crippen molar-refractivity contribution < 1.29 is 52.5 Å². The van der Waals surface area contributed by atoms with E-state index in [-0.39, 0.29) is 19.0 Å². The molecule has 1 aliphatic rings. The zero-order chi connectivity index (χ0) is 38.8. The average molecular weight is 767 g/mol. The first-order valence-electron chi connectivity index (χ1n) is 19.2. The summed E-state index contributed by atoms with van der Waals surface area (Å²) < 4.78 is 39.4. The maximum atomic E-state index is 11.9. The summed E-state index contributed by atoms with van der Waals surface area (Å²) in [7, 11) is 3.12. The van der Waals surface area contributed by atoms with Gasteiger partial charge in [0.1, 0.15) is 43.4 Å². The summed E-state index contributed by atoms with van der Waals surface area (Å²) in [5, 5.41) is 28.2. The van der Waals surface area contributed by atoms with Crippen molar-refractivity contribution >= 4 is 13.6 Å². The molecule has 0 bridgehead atoms. The van der Waals surface area contributed by atoms with Crippen LogP contribution < -0.4 is 16.3 Å². The predicted octanol–water partition coefficient (Wildman–Crippen LogP) is 3.92. The summed E-state index contributed by atoms with van der Waals surface area (Å²) in [6.45, 7) is 3.37. The number of ether oxygens (including phenoxy) is 3. The fourth-order valence-corrected chi connectivity index (χ4v) is 6.25. The maximum Gasteiger partial charge on any atom is 0.351 e. The van der Waals surface area contributed by atoms with E-state index in [4.69, 9.17) is 34.1 Å². The molecule has 1 aromatic heterocycles. The number of phosphoric acid groups is 1. The highest BCUT2D eigenvalue weighted by molar-refractivity contribution is 7.45. The van der Waals surface area contributed by atoms with Crippen molar-refractivity contribution in [3.63, 3.8) is 0 Å². The third-order valence-electron chi connectivity index (χ3n) is 8.85. The molecule has 2 heterocycles. The topological polar surface area (TPSA) is 208 Å². The molecule has 306 valence electrons. The quantitative estimate of drug-likeness (QED) is 0.0519. The summed E-state index contributed by atoms with van der Waals surface area (Å²) in [6, 6.07) is 1.37. The standard InChI is InChI=1S/C27H58NO6P.C9H13N3O5/c1-6-7-8-9-10-11-12-13-14-15-16-17-18-19-20-21-23-32-25-27(31-5)26-34-35(29,30)33-24-22-28(2,3)4;10-5-1-2-12(9(16)11-5)8-7(15)6(14)4(3-13)17-8/h27H,6-26H2,1-5H3;1-2,4,6-8,13-15H,3H2,(H2,10,11,16). The first-order valence-corrected chi connectivity index (χ1v) is 20.7. The summed E-state index contributed by atoms with van der Waals surface area (Å²) in [4.78, 5) is 26.8. The van der Waals surface area contributed by atoms with Gasteiger partial charge in [-0.3, -0.25) is 9.13 Å². The Hall–Kier alpha value is -1.49. The number of aliphatic hydroxyl groups is 3. The van der Waals surface area contributed by atoms with Gasteiger partial charge in [0.05, 0.1) is 41.0 Å². The fraction of sp³-hybridized carbons (Fsp3) is 0.889. The number of nitrogen functional groups attached to an aromatic ring is 1. The molecule has 0 amide bonds. The second kappa shape index (κ2) is 28.0. The smallest absolute Gasteiger partial charge is 0.351 e. The molecule has 0 aliphatic carbocycles. The third kappa shape index (κ3) is 22.7. The minimum Gasteiger partial charge on any atom is -0.756 e. The number of rotatable bonds is 29. The van der Waals surface area contributed by atoms with Crippen LogP contribution >= 0.6 is 7.82 Å². The molecule has 0 radical (unpaired) electrons. The number of methoxy groups -OCH3 is 1. The largest absolute Gasteiger partial charge is 0.756 e. The van der Waals surface area contributed by atoms with Crippen LogP contribution in [0.5, 0.6) is 0 Å². The van der Waals surface area contributed by atoms with Gasteiger partial charge in [-0.2, -0.15) is 4.98 Å². The highest BCUT2D eigenvalue weighted by atomic mass is 31.2. The van der Waals surface area contributed by atoms with E-state index in [9.17, 15) is 24.5 Å². The molecule has 1 aliphatic heterocycles. The lowest BCUT2D eigenvalue weighted by Gasteiger charge is -2.28. The molecule has 16 heteroatoms. The van der Waals surface area contributed by atoms with E-state index >= 15 is 0 Å². The molecule has 0 spiro atoms. The van der Waals surface area contributed by atoms with Gasteiger partial charge in [-0.25, -0.2) is 4.79 Å². The van der Waals surface area contributed by atoms with E-state index in [0.29, 0.717) is 24.2 Å². The Morgan fingerprint density at radius 2 is 1.44 bits per heavy atom. The molecule has 0 aromatic carbocycles. The Morgan fingerprint density at radius 3 is 1.90 bits per heavy atom. The number of anilines is 1. The zero-order valence-electron chi connectivity index (χ0n) is 32.6. The molecular formula is C36H71N4O11P. The van der Waals surface area contributed by atoms with Crippen LogP contribution in [0.3, 0.4) is 0 Å². The summed E-state index contributed by atoms with van der Waals surface area (Å²) in [6.07, 6.45) is 17.8. The van der Waals surface area contributed by atoms with Crippen LogP contribution in [0.4, 0.5) is 5.82 Å². The van der Waals surface area contributed by atoms with E-state index in [0.717, 1.165) is 11.0 Å². The number of aliphatic hydroxyl groups excluding tert-OH is 3. The number of phosphoric ester groups is 1. The van der Waals surface area contributed by atoms with Crippen molar-refractivity contribution in [3.8, 4) is 0 Å². The third-order valence-corrected chi connectivity index (χ3v) is 9.82. The molecule has 15 nitrogen and oxygen atoms in total. The molecule has 52 heavy (non-hydrogen) atoms. The Bertz CT molecular complexity index is 1140. The van der Waals surface area contributed by atoms with Crippen LogP contribution in [0.15, 0.2) is 17.1 Å². The van der Waals surface area contributed by atoms with Crippen LogP contribution in [-0.2, 0) is 27.8 Å². The van der Waals surface area contributed by atoms with Gasteiger partial charge in [-0.1, -0.05) is 103 Å². The van der Waals surface area contributed by atoms with E-state index in [2.05, 4.69) is 11.9 Å². The molecule has 1 fully saturated rings. The Labute approximate surface area is 312 Å². The van der Waals surface area contributed by atoms with Gasteiger partial charge >= 0.3 is 5.69 Å². The highest BCUT2D eigenvalue weighted by Crippen LogP contribution is 2.38. The van der Waals surface area contributed by atoms with Crippen LogP contribution in [0.2, 0.25) is 0 Å². The Morgan fingerprint density at radius 1 is 0.904 bits per heavy atom. The second-order valence-electron chi connectivity index (χ2n) is 14.6. The zero-order valence-corrected chi connectivity index (χ0v) is 33.5. The van der Waals surface area contributed by atoms with Crippen molar-refractivity contribution in [2.45, 2.75) is 140 Å². The molecule has 0 saturated carbocycles. The minimum absolute atomic E-state index is 0.0537. The second-order valence-corrected chi connectivity index (χ2v) is 16.0. The van der Waals surface area contributed by atoms with E-state index in [1.165, 1.54) is 116 Å². The number of aromatic nitrogens is 2. The summed E-state index contributed by atoms with van der Waals surface area (Å²) >= 11 is 0. The Balaban J connectivity index is 0.000000654. The van der Waals surface area contributed by atoms with E-state index in [1.807, 2.05) is 21.1 Å². The fourth-order valence-electron chi connectivity index (χ4n) is 5.52. The van der Waals surface area contributed by atoms with Crippen molar-refractivity contribution in [1.82, 2.24) is 9.55 Å². The molecule has 5 N–H and O–H groups in total. The first kappa shape index (κ1) is 48.5. The van der Waals surface area contributed by atoms with Crippen molar-refractivity contribution in [3.05, 3.63) is 22.7 Å². The monoisotopic (exact) mass is 766 g/mol.